The zero-order valence-corrected chi connectivity index (χ0v) is 20.5. The zero-order chi connectivity index (χ0) is 23.2. The molecule has 0 saturated heterocycles. The summed E-state index contributed by atoms with van der Waals surface area (Å²) in [5.41, 5.74) is 1.58. The summed E-state index contributed by atoms with van der Waals surface area (Å²) in [7, 11) is 1.66. The van der Waals surface area contributed by atoms with Crippen molar-refractivity contribution < 1.29 is 9.53 Å². The SMILES string of the molecule is COc1cccc(NCc2nnc(SC(C)C(=O)c3cccc(Cl)c3)n2C2CCCCC2)c1. The monoisotopic (exact) mass is 484 g/mol. The first-order valence-electron chi connectivity index (χ1n) is 11.3. The quantitative estimate of drug-likeness (QED) is 0.279. The van der Waals surface area contributed by atoms with Gasteiger partial charge in [-0.2, -0.15) is 0 Å². The Labute approximate surface area is 204 Å². The fraction of sp³-hybridized carbons (Fsp3) is 0.400. The van der Waals surface area contributed by atoms with Gasteiger partial charge in [-0.25, -0.2) is 0 Å². The summed E-state index contributed by atoms with van der Waals surface area (Å²) in [5.74, 6) is 1.73. The molecule has 1 N–H and O–H groups in total. The van der Waals surface area contributed by atoms with E-state index in [4.69, 9.17) is 16.3 Å². The number of halogens is 1. The number of hydrogen-bond donors (Lipinski definition) is 1. The molecule has 1 atom stereocenters. The lowest BCUT2D eigenvalue weighted by atomic mass is 9.95. The summed E-state index contributed by atoms with van der Waals surface area (Å²) in [5, 5.41) is 13.5. The Bertz CT molecular complexity index is 1100. The van der Waals surface area contributed by atoms with Crippen LogP contribution in [0.3, 0.4) is 0 Å². The van der Waals surface area contributed by atoms with Crippen LogP contribution in [0.1, 0.15) is 61.3 Å². The molecule has 2 aromatic carbocycles. The third-order valence-electron chi connectivity index (χ3n) is 5.96. The van der Waals surface area contributed by atoms with E-state index >= 15 is 0 Å². The van der Waals surface area contributed by atoms with E-state index < -0.39 is 0 Å². The second kappa shape index (κ2) is 11.1. The van der Waals surface area contributed by atoms with Gasteiger partial charge >= 0.3 is 0 Å². The fourth-order valence-electron chi connectivity index (χ4n) is 4.22. The average molecular weight is 485 g/mol. The van der Waals surface area contributed by atoms with Crippen molar-refractivity contribution in [2.24, 2.45) is 0 Å². The summed E-state index contributed by atoms with van der Waals surface area (Å²) >= 11 is 7.56. The summed E-state index contributed by atoms with van der Waals surface area (Å²) in [6.07, 6.45) is 5.88. The first-order chi connectivity index (χ1) is 16.0. The molecule has 1 aliphatic carbocycles. The number of ether oxygens (including phenoxy) is 1. The van der Waals surface area contributed by atoms with Crippen molar-refractivity contribution in [3.05, 3.63) is 64.9 Å². The minimum atomic E-state index is -0.297. The molecule has 1 aromatic heterocycles. The van der Waals surface area contributed by atoms with Gasteiger partial charge in [-0.15, -0.1) is 10.2 Å². The second-order valence-corrected chi connectivity index (χ2v) is 10.0. The number of thioether (sulfide) groups is 1. The van der Waals surface area contributed by atoms with Gasteiger partial charge in [0.2, 0.25) is 0 Å². The molecule has 1 heterocycles. The third kappa shape index (κ3) is 5.89. The number of carbonyl (C=O) groups excluding carboxylic acids is 1. The van der Waals surface area contributed by atoms with Crippen LogP contribution in [-0.4, -0.2) is 32.9 Å². The van der Waals surface area contributed by atoms with E-state index in [0.29, 0.717) is 23.2 Å². The van der Waals surface area contributed by atoms with Crippen molar-refractivity contribution in [1.29, 1.82) is 0 Å². The number of rotatable bonds is 9. The van der Waals surface area contributed by atoms with Crippen LogP contribution >= 0.6 is 23.4 Å². The van der Waals surface area contributed by atoms with E-state index in [9.17, 15) is 4.79 Å². The summed E-state index contributed by atoms with van der Waals surface area (Å²) in [4.78, 5) is 13.0. The van der Waals surface area contributed by atoms with E-state index in [-0.39, 0.29) is 11.0 Å². The zero-order valence-electron chi connectivity index (χ0n) is 19.0. The Morgan fingerprint density at radius 1 is 1.18 bits per heavy atom. The molecule has 0 radical (unpaired) electrons. The van der Waals surface area contributed by atoms with Gasteiger partial charge in [0.15, 0.2) is 16.8 Å². The highest BCUT2D eigenvalue weighted by molar-refractivity contribution is 8.00. The molecule has 4 rings (SSSR count). The van der Waals surface area contributed by atoms with Crippen molar-refractivity contribution in [2.75, 3.05) is 12.4 Å². The number of Topliss-reactive ketones (excluding diaryl/α,β-unsaturated/α-hetero) is 1. The van der Waals surface area contributed by atoms with Crippen LogP contribution in [-0.2, 0) is 6.54 Å². The highest BCUT2D eigenvalue weighted by Crippen LogP contribution is 2.35. The van der Waals surface area contributed by atoms with Gasteiger partial charge in [0.1, 0.15) is 5.75 Å². The van der Waals surface area contributed by atoms with Gasteiger partial charge in [0.05, 0.1) is 18.9 Å². The highest BCUT2D eigenvalue weighted by Gasteiger charge is 2.26. The first-order valence-corrected chi connectivity index (χ1v) is 12.6. The smallest absolute Gasteiger partial charge is 0.192 e. The predicted molar refractivity (Wildman–Crippen MR) is 134 cm³/mol. The molecule has 6 nitrogen and oxygen atoms in total. The van der Waals surface area contributed by atoms with Crippen molar-refractivity contribution in [3.8, 4) is 5.75 Å². The van der Waals surface area contributed by atoms with Crippen molar-refractivity contribution >= 4 is 34.8 Å². The molecule has 8 heteroatoms. The largest absolute Gasteiger partial charge is 0.497 e. The van der Waals surface area contributed by atoms with Crippen molar-refractivity contribution in [3.63, 3.8) is 0 Å². The van der Waals surface area contributed by atoms with Crippen LogP contribution in [0.25, 0.3) is 0 Å². The van der Waals surface area contributed by atoms with E-state index in [0.717, 1.165) is 35.3 Å². The number of nitrogens with zero attached hydrogens (tertiary/aromatic N) is 3. The molecule has 0 spiro atoms. The van der Waals surface area contributed by atoms with Gasteiger partial charge < -0.3 is 14.6 Å². The fourth-order valence-corrected chi connectivity index (χ4v) is 5.42. The normalized spacial score (nSPS) is 15.2. The van der Waals surface area contributed by atoms with Crippen LogP contribution in [0.2, 0.25) is 5.02 Å². The molecule has 1 aliphatic rings. The van der Waals surface area contributed by atoms with Crippen molar-refractivity contribution in [1.82, 2.24) is 14.8 Å². The number of carbonyl (C=O) groups is 1. The maximum atomic E-state index is 13.0. The number of anilines is 1. The van der Waals surface area contributed by atoms with E-state index in [1.165, 1.54) is 31.0 Å². The highest BCUT2D eigenvalue weighted by atomic mass is 35.5. The Hall–Kier alpha value is -2.51. The number of hydrogen-bond acceptors (Lipinski definition) is 6. The molecule has 0 aliphatic heterocycles. The van der Waals surface area contributed by atoms with Crippen molar-refractivity contribution in [2.45, 2.75) is 62.0 Å². The molecular formula is C25H29ClN4O2S. The minimum Gasteiger partial charge on any atom is -0.497 e. The second-order valence-electron chi connectivity index (χ2n) is 8.28. The number of benzene rings is 2. The molecule has 3 aromatic rings. The number of aromatic nitrogens is 3. The van der Waals surface area contributed by atoms with E-state index in [2.05, 4.69) is 20.1 Å². The average Bonchev–Trinajstić information content (AvgIpc) is 3.25. The number of nitrogens with one attached hydrogen (secondary N) is 1. The van der Waals surface area contributed by atoms with E-state index in [1.807, 2.05) is 31.2 Å². The Morgan fingerprint density at radius 3 is 2.73 bits per heavy atom. The minimum absolute atomic E-state index is 0.0387. The maximum absolute atomic E-state index is 13.0. The summed E-state index contributed by atoms with van der Waals surface area (Å²) in [6.45, 7) is 2.47. The van der Waals surface area contributed by atoms with Crippen LogP contribution in [0.4, 0.5) is 5.69 Å². The van der Waals surface area contributed by atoms with E-state index in [1.54, 1.807) is 31.4 Å². The summed E-state index contributed by atoms with van der Waals surface area (Å²) < 4.78 is 7.57. The first kappa shape index (κ1) is 23.6. The molecule has 1 fully saturated rings. The lowest BCUT2D eigenvalue weighted by Crippen LogP contribution is -2.20. The topological polar surface area (TPSA) is 69.0 Å². The molecule has 174 valence electrons. The van der Waals surface area contributed by atoms with Crippen LogP contribution in [0, 0.1) is 0 Å². The lowest BCUT2D eigenvalue weighted by molar-refractivity contribution is 0.0993. The van der Waals surface area contributed by atoms with Gasteiger partial charge in [0.25, 0.3) is 0 Å². The van der Waals surface area contributed by atoms with Gasteiger partial charge in [-0.3, -0.25) is 4.79 Å². The molecule has 0 amide bonds. The molecular weight excluding hydrogens is 456 g/mol. The number of methoxy groups -OCH3 is 1. The Morgan fingerprint density at radius 2 is 1.97 bits per heavy atom. The van der Waals surface area contributed by atoms with Gasteiger partial charge in [-0.1, -0.05) is 60.8 Å². The van der Waals surface area contributed by atoms with Crippen LogP contribution in [0.5, 0.6) is 5.75 Å². The standard InChI is InChI=1S/C25H29ClN4O2S/c1-17(24(31)18-8-6-9-19(26)14-18)33-25-29-28-23(30(25)21-11-4-3-5-12-21)16-27-20-10-7-13-22(15-20)32-2/h6-10,13-15,17,21,27H,3-5,11-12,16H2,1-2H3. The molecule has 0 bridgehead atoms. The van der Waals surface area contributed by atoms with Crippen LogP contribution in [0.15, 0.2) is 53.7 Å². The Balaban J connectivity index is 1.54. The molecule has 33 heavy (non-hydrogen) atoms. The lowest BCUT2D eigenvalue weighted by Gasteiger charge is -2.26. The van der Waals surface area contributed by atoms with Crippen LogP contribution < -0.4 is 10.1 Å². The van der Waals surface area contributed by atoms with Gasteiger partial charge in [0, 0.05) is 28.4 Å². The third-order valence-corrected chi connectivity index (χ3v) is 7.25. The number of ketones is 1. The summed E-state index contributed by atoms with van der Waals surface area (Å²) in [6, 6.07) is 15.3. The Kier molecular flexibility index (Phi) is 7.93. The van der Waals surface area contributed by atoms with Gasteiger partial charge in [-0.05, 0) is 44.0 Å². The maximum Gasteiger partial charge on any atom is 0.192 e. The molecule has 1 unspecified atom stereocenters. The predicted octanol–water partition coefficient (Wildman–Crippen LogP) is 6.42. The molecule has 1 saturated carbocycles.